The SMILES string of the molecule is CSC1CCCC1NC(=O)N1C[C@@H](C)[C@H](C(=O)O)C1. The molecule has 2 N–H and O–H groups in total. The second kappa shape index (κ2) is 6.03. The van der Waals surface area contributed by atoms with Crippen LogP contribution in [-0.4, -0.2) is 52.6 Å². The number of hydrogen-bond acceptors (Lipinski definition) is 3. The molecule has 2 rings (SSSR count). The maximum Gasteiger partial charge on any atom is 0.317 e. The summed E-state index contributed by atoms with van der Waals surface area (Å²) in [6.07, 6.45) is 5.42. The Balaban J connectivity index is 1.89. The number of hydrogen-bond donors (Lipinski definition) is 2. The van der Waals surface area contributed by atoms with Gasteiger partial charge in [0.2, 0.25) is 0 Å². The van der Waals surface area contributed by atoms with Crippen LogP contribution in [0.25, 0.3) is 0 Å². The molecule has 2 unspecified atom stereocenters. The number of carboxylic acids is 1. The second-order valence-electron chi connectivity index (χ2n) is 5.59. The summed E-state index contributed by atoms with van der Waals surface area (Å²) in [5.41, 5.74) is 0. The molecule has 2 amide bonds. The quantitative estimate of drug-likeness (QED) is 0.827. The first kappa shape index (κ1) is 14.5. The van der Waals surface area contributed by atoms with Crippen molar-refractivity contribution in [3.63, 3.8) is 0 Å². The van der Waals surface area contributed by atoms with Gasteiger partial charge in [-0.2, -0.15) is 11.8 Å². The molecule has 0 aromatic heterocycles. The van der Waals surface area contributed by atoms with E-state index in [0.29, 0.717) is 18.3 Å². The van der Waals surface area contributed by atoms with Crippen molar-refractivity contribution in [2.24, 2.45) is 11.8 Å². The molecular weight excluding hydrogens is 264 g/mol. The first-order valence-corrected chi connectivity index (χ1v) is 8.12. The minimum atomic E-state index is -0.800. The number of urea groups is 1. The highest BCUT2D eigenvalue weighted by atomic mass is 32.2. The molecule has 6 heteroatoms. The molecule has 5 nitrogen and oxygen atoms in total. The van der Waals surface area contributed by atoms with Gasteiger partial charge in [-0.3, -0.25) is 4.79 Å². The van der Waals surface area contributed by atoms with Gasteiger partial charge < -0.3 is 15.3 Å². The van der Waals surface area contributed by atoms with Gasteiger partial charge in [0.1, 0.15) is 0 Å². The molecule has 1 saturated carbocycles. The van der Waals surface area contributed by atoms with E-state index in [1.807, 2.05) is 6.92 Å². The van der Waals surface area contributed by atoms with Gasteiger partial charge in [0, 0.05) is 24.4 Å². The van der Waals surface area contributed by atoms with E-state index in [1.54, 1.807) is 16.7 Å². The number of amides is 2. The number of carbonyl (C=O) groups is 2. The van der Waals surface area contributed by atoms with E-state index in [0.717, 1.165) is 19.3 Å². The Morgan fingerprint density at radius 3 is 2.63 bits per heavy atom. The number of carboxylic acid groups (broad SMARTS) is 1. The summed E-state index contributed by atoms with van der Waals surface area (Å²) in [7, 11) is 0. The summed E-state index contributed by atoms with van der Waals surface area (Å²) < 4.78 is 0. The zero-order valence-electron chi connectivity index (χ0n) is 11.5. The molecule has 0 radical (unpaired) electrons. The van der Waals surface area contributed by atoms with Crippen molar-refractivity contribution in [2.45, 2.75) is 37.5 Å². The fourth-order valence-corrected chi connectivity index (χ4v) is 4.01. The molecule has 1 saturated heterocycles. The van der Waals surface area contributed by atoms with Gasteiger partial charge in [0.05, 0.1) is 5.92 Å². The van der Waals surface area contributed by atoms with Gasteiger partial charge in [0.25, 0.3) is 0 Å². The Kier molecular flexibility index (Phi) is 4.60. The maximum absolute atomic E-state index is 12.2. The Labute approximate surface area is 118 Å². The Bertz CT molecular complexity index is 364. The molecule has 0 bridgehead atoms. The van der Waals surface area contributed by atoms with Gasteiger partial charge in [-0.25, -0.2) is 4.79 Å². The lowest BCUT2D eigenvalue weighted by molar-refractivity contribution is -0.142. The molecular formula is C13H22N2O3S. The van der Waals surface area contributed by atoms with Crippen molar-refractivity contribution in [2.75, 3.05) is 19.3 Å². The second-order valence-corrected chi connectivity index (χ2v) is 6.66. The fourth-order valence-electron chi connectivity index (χ4n) is 3.08. The van der Waals surface area contributed by atoms with Crippen LogP contribution in [0.15, 0.2) is 0 Å². The zero-order valence-corrected chi connectivity index (χ0v) is 12.3. The van der Waals surface area contributed by atoms with Crippen LogP contribution in [0, 0.1) is 11.8 Å². The topological polar surface area (TPSA) is 69.6 Å². The van der Waals surface area contributed by atoms with Crippen molar-refractivity contribution in [3.8, 4) is 0 Å². The summed E-state index contributed by atoms with van der Waals surface area (Å²) >= 11 is 1.80. The van der Waals surface area contributed by atoms with E-state index in [1.165, 1.54) is 0 Å². The molecule has 0 aromatic rings. The molecule has 1 aliphatic heterocycles. The minimum absolute atomic E-state index is 0.0307. The van der Waals surface area contributed by atoms with E-state index in [4.69, 9.17) is 5.11 Å². The van der Waals surface area contributed by atoms with Crippen LogP contribution in [0.2, 0.25) is 0 Å². The Morgan fingerprint density at radius 2 is 2.05 bits per heavy atom. The molecule has 19 heavy (non-hydrogen) atoms. The third-order valence-electron chi connectivity index (χ3n) is 4.28. The van der Waals surface area contributed by atoms with Crippen molar-refractivity contribution < 1.29 is 14.7 Å². The van der Waals surface area contributed by atoms with Crippen molar-refractivity contribution >= 4 is 23.8 Å². The highest BCUT2D eigenvalue weighted by Crippen LogP contribution is 2.29. The average Bonchev–Trinajstić information content (AvgIpc) is 2.95. The maximum atomic E-state index is 12.2. The summed E-state index contributed by atoms with van der Waals surface area (Å²) in [5.74, 6) is -1.19. The van der Waals surface area contributed by atoms with Crippen LogP contribution >= 0.6 is 11.8 Å². The van der Waals surface area contributed by atoms with Crippen molar-refractivity contribution in [1.29, 1.82) is 0 Å². The van der Waals surface area contributed by atoms with Crippen LogP contribution < -0.4 is 5.32 Å². The van der Waals surface area contributed by atoms with Crippen LogP contribution in [0.1, 0.15) is 26.2 Å². The van der Waals surface area contributed by atoms with E-state index in [9.17, 15) is 9.59 Å². The fraction of sp³-hybridized carbons (Fsp3) is 0.846. The molecule has 0 spiro atoms. The van der Waals surface area contributed by atoms with Gasteiger partial charge in [-0.05, 0) is 25.0 Å². The average molecular weight is 286 g/mol. The monoisotopic (exact) mass is 286 g/mol. The van der Waals surface area contributed by atoms with Gasteiger partial charge in [-0.15, -0.1) is 0 Å². The van der Waals surface area contributed by atoms with E-state index in [2.05, 4.69) is 11.6 Å². The van der Waals surface area contributed by atoms with Crippen LogP contribution in [0.4, 0.5) is 4.79 Å². The Hall–Kier alpha value is -0.910. The van der Waals surface area contributed by atoms with E-state index < -0.39 is 11.9 Å². The number of nitrogens with one attached hydrogen (secondary N) is 1. The molecule has 4 atom stereocenters. The number of rotatable bonds is 3. The van der Waals surface area contributed by atoms with E-state index >= 15 is 0 Å². The lowest BCUT2D eigenvalue weighted by Crippen LogP contribution is -2.46. The van der Waals surface area contributed by atoms with Crippen LogP contribution in [0.5, 0.6) is 0 Å². The summed E-state index contributed by atoms with van der Waals surface area (Å²) in [4.78, 5) is 24.9. The van der Waals surface area contributed by atoms with Gasteiger partial charge >= 0.3 is 12.0 Å². The highest BCUT2D eigenvalue weighted by molar-refractivity contribution is 7.99. The normalized spacial score (nSPS) is 34.5. The largest absolute Gasteiger partial charge is 0.481 e. The predicted molar refractivity (Wildman–Crippen MR) is 75.3 cm³/mol. The van der Waals surface area contributed by atoms with Crippen LogP contribution in [-0.2, 0) is 4.79 Å². The summed E-state index contributed by atoms with van der Waals surface area (Å²) in [6, 6.07) is 0.142. The molecule has 1 aliphatic carbocycles. The van der Waals surface area contributed by atoms with E-state index in [-0.39, 0.29) is 18.0 Å². The van der Waals surface area contributed by atoms with Gasteiger partial charge in [-0.1, -0.05) is 13.3 Å². The third kappa shape index (κ3) is 3.16. The van der Waals surface area contributed by atoms with Gasteiger partial charge in [0.15, 0.2) is 0 Å². The summed E-state index contributed by atoms with van der Waals surface area (Å²) in [6.45, 7) is 2.77. The number of aliphatic carboxylic acids is 1. The smallest absolute Gasteiger partial charge is 0.317 e. The number of nitrogens with zero attached hydrogens (tertiary/aromatic N) is 1. The lowest BCUT2D eigenvalue weighted by Gasteiger charge is -2.23. The molecule has 0 aromatic carbocycles. The Morgan fingerprint density at radius 1 is 1.32 bits per heavy atom. The van der Waals surface area contributed by atoms with Crippen LogP contribution in [0.3, 0.4) is 0 Å². The first-order valence-electron chi connectivity index (χ1n) is 6.84. The summed E-state index contributed by atoms with van der Waals surface area (Å²) in [5, 5.41) is 12.7. The van der Waals surface area contributed by atoms with Crippen molar-refractivity contribution in [3.05, 3.63) is 0 Å². The number of likely N-dealkylation sites (tertiary alicyclic amines) is 1. The molecule has 1 heterocycles. The highest BCUT2D eigenvalue weighted by Gasteiger charge is 2.38. The minimum Gasteiger partial charge on any atom is -0.481 e. The van der Waals surface area contributed by atoms with Crippen molar-refractivity contribution in [1.82, 2.24) is 10.2 Å². The molecule has 2 fully saturated rings. The predicted octanol–water partition coefficient (Wildman–Crippen LogP) is 1.63. The zero-order chi connectivity index (χ0) is 14.0. The molecule has 108 valence electrons. The molecule has 2 aliphatic rings. The number of thioether (sulfide) groups is 1. The number of carbonyl (C=O) groups excluding carboxylic acids is 1. The standard InChI is InChI=1S/C13H22N2O3S/c1-8-6-15(7-9(8)12(16)17)13(18)14-10-4-3-5-11(10)19-2/h8-11H,3-7H2,1-2H3,(H,14,18)(H,16,17)/t8-,9-,10?,11?/m1/s1. The lowest BCUT2D eigenvalue weighted by atomic mass is 9.99. The first-order chi connectivity index (χ1) is 9.02. The third-order valence-corrected chi connectivity index (χ3v) is 5.45.